The van der Waals surface area contributed by atoms with Crippen LogP contribution < -0.4 is 11.1 Å². The van der Waals surface area contributed by atoms with Crippen LogP contribution in [0.25, 0.3) is 0 Å². The summed E-state index contributed by atoms with van der Waals surface area (Å²) in [7, 11) is 2.02. The van der Waals surface area contributed by atoms with Crippen molar-refractivity contribution in [3.8, 4) is 0 Å². The molecule has 7 atom stereocenters. The highest BCUT2D eigenvalue weighted by atomic mass is 32.1. The number of thiazole rings is 1. The maximum Gasteiger partial charge on any atom is 0.270 e. The average molecular weight is 754 g/mol. The Morgan fingerprint density at radius 1 is 1.06 bits per heavy atom. The molecule has 0 spiro atoms. The van der Waals surface area contributed by atoms with Crippen LogP contribution in [0.3, 0.4) is 0 Å². The first-order valence-corrected chi connectivity index (χ1v) is 20.8. The Morgan fingerprint density at radius 3 is 2.40 bits per heavy atom. The van der Waals surface area contributed by atoms with Gasteiger partial charge in [0.25, 0.3) is 5.91 Å². The Bertz CT molecular complexity index is 1430. The molecule has 1 aliphatic heterocycles. The van der Waals surface area contributed by atoms with Gasteiger partial charge in [-0.25, -0.2) is 4.98 Å². The summed E-state index contributed by atoms with van der Waals surface area (Å²) >= 11 is 1.45. The lowest BCUT2D eigenvalue weighted by molar-refractivity contribution is -0.150. The first-order valence-electron chi connectivity index (χ1n) is 19.9. The minimum atomic E-state index is -0.425. The number of ketones is 2. The number of aromatic nitrogens is 1. The first-order chi connectivity index (χ1) is 25.3. The lowest BCUT2D eigenvalue weighted by Crippen LogP contribution is -2.50. The molecule has 1 fully saturated rings. The number of likely N-dealkylation sites (tertiary alicyclic amines) is 1. The monoisotopic (exact) mass is 753 g/mol. The summed E-state index contributed by atoms with van der Waals surface area (Å²) in [5.74, 6) is -0.758. The average Bonchev–Trinajstić information content (AvgIpc) is 3.65. The van der Waals surface area contributed by atoms with E-state index in [0.717, 1.165) is 49.2 Å². The topological polar surface area (TPSA) is 135 Å². The highest BCUT2D eigenvalue weighted by Gasteiger charge is 2.38. The second-order valence-corrected chi connectivity index (χ2v) is 16.6. The maximum absolute atomic E-state index is 14.7. The number of hydrogen-bond donors (Lipinski definition) is 2. The van der Waals surface area contributed by atoms with E-state index in [1.807, 2.05) is 49.2 Å². The molecule has 0 bridgehead atoms. The summed E-state index contributed by atoms with van der Waals surface area (Å²) < 4.78 is 6.07. The summed E-state index contributed by atoms with van der Waals surface area (Å²) in [4.78, 5) is 63.1. The summed E-state index contributed by atoms with van der Waals surface area (Å²) in [6, 6.07) is 9.36. The van der Waals surface area contributed by atoms with Gasteiger partial charge in [0, 0.05) is 48.2 Å². The fourth-order valence-corrected chi connectivity index (χ4v) is 8.32. The van der Waals surface area contributed by atoms with Crippen LogP contribution in [0.4, 0.5) is 0 Å². The molecule has 3 N–H and O–H groups in total. The molecule has 2 aromatic rings. The van der Waals surface area contributed by atoms with Crippen LogP contribution >= 0.6 is 11.3 Å². The van der Waals surface area contributed by atoms with E-state index in [1.54, 1.807) is 5.38 Å². The van der Waals surface area contributed by atoms with Crippen LogP contribution in [0.15, 0.2) is 35.7 Å². The summed E-state index contributed by atoms with van der Waals surface area (Å²) in [6.07, 6.45) is 6.56. The molecule has 2 heterocycles. The number of nitrogens with one attached hydrogen (secondary N) is 1. The van der Waals surface area contributed by atoms with Gasteiger partial charge in [0.2, 0.25) is 5.91 Å². The molecule has 11 heteroatoms. The van der Waals surface area contributed by atoms with Crippen LogP contribution in [0.2, 0.25) is 0 Å². The third-order valence-corrected chi connectivity index (χ3v) is 12.1. The van der Waals surface area contributed by atoms with E-state index in [9.17, 15) is 19.2 Å². The minimum absolute atomic E-state index is 0.0147. The van der Waals surface area contributed by atoms with Crippen LogP contribution in [0.5, 0.6) is 0 Å². The van der Waals surface area contributed by atoms with Gasteiger partial charge in [0.05, 0.1) is 17.6 Å². The van der Waals surface area contributed by atoms with Gasteiger partial charge < -0.3 is 20.7 Å². The normalized spacial score (nSPS) is 18.5. The fraction of sp³-hybridized carbons (Fsp3) is 0.690. The number of nitrogens with two attached hydrogens (primary N) is 1. The van der Waals surface area contributed by atoms with Gasteiger partial charge in [-0.2, -0.15) is 0 Å². The Labute approximate surface area is 323 Å². The van der Waals surface area contributed by atoms with Crippen molar-refractivity contribution in [3.05, 3.63) is 52.0 Å². The van der Waals surface area contributed by atoms with Crippen LogP contribution in [-0.2, 0) is 25.5 Å². The minimum Gasteiger partial charge on any atom is -0.361 e. The van der Waals surface area contributed by atoms with Gasteiger partial charge in [0.1, 0.15) is 18.2 Å². The van der Waals surface area contributed by atoms with E-state index in [1.165, 1.54) is 11.3 Å². The Balaban J connectivity index is 1.81. The number of amides is 2. The molecule has 1 saturated heterocycles. The Hall–Kier alpha value is -2.99. The number of hydrogen-bond acceptors (Lipinski definition) is 9. The number of nitrogens with zero attached hydrogens (tertiary/aromatic N) is 3. The molecule has 1 aliphatic rings. The van der Waals surface area contributed by atoms with Gasteiger partial charge >= 0.3 is 0 Å². The zero-order valence-corrected chi connectivity index (χ0v) is 34.5. The van der Waals surface area contributed by atoms with E-state index < -0.39 is 5.92 Å². The highest BCUT2D eigenvalue weighted by molar-refractivity contribution is 7.09. The number of Topliss-reactive ketones (excluding diaryl/α,β-unsaturated/α-hetero) is 2. The van der Waals surface area contributed by atoms with E-state index >= 15 is 0 Å². The van der Waals surface area contributed by atoms with E-state index in [4.69, 9.17) is 15.5 Å². The zero-order valence-electron chi connectivity index (χ0n) is 33.6. The molecule has 1 aromatic carbocycles. The third-order valence-electron chi connectivity index (χ3n) is 11.1. The van der Waals surface area contributed by atoms with Crippen LogP contribution in [-0.4, -0.2) is 89.8 Å². The van der Waals surface area contributed by atoms with Gasteiger partial charge in [-0.15, -0.1) is 11.3 Å². The third kappa shape index (κ3) is 13.4. The zero-order chi connectivity index (χ0) is 39.1. The van der Waals surface area contributed by atoms with Crippen LogP contribution in [0.1, 0.15) is 127 Å². The molecule has 2 amide bonds. The fourth-order valence-electron chi connectivity index (χ4n) is 7.45. The molecule has 10 nitrogen and oxygen atoms in total. The first kappa shape index (κ1) is 44.4. The Kier molecular flexibility index (Phi) is 18.8. The van der Waals surface area contributed by atoms with E-state index in [2.05, 4.69) is 51.8 Å². The number of carbonyl (C=O) groups is 4. The van der Waals surface area contributed by atoms with Gasteiger partial charge in [0.15, 0.2) is 5.78 Å². The number of ether oxygens (including phenoxy) is 1. The van der Waals surface area contributed by atoms with Gasteiger partial charge in [-0.1, -0.05) is 91.6 Å². The molecular formula is C42H67N5O5S. The smallest absolute Gasteiger partial charge is 0.270 e. The Morgan fingerprint density at radius 2 is 1.77 bits per heavy atom. The molecule has 1 unspecified atom stereocenters. The van der Waals surface area contributed by atoms with Crippen LogP contribution in [0, 0.1) is 23.7 Å². The molecule has 3 rings (SSSR count). The van der Waals surface area contributed by atoms with Crippen molar-refractivity contribution in [3.63, 3.8) is 0 Å². The van der Waals surface area contributed by atoms with Gasteiger partial charge in [-0.05, 0) is 69.5 Å². The van der Waals surface area contributed by atoms with E-state index in [-0.39, 0.29) is 84.9 Å². The number of rotatable bonds is 23. The molecule has 53 heavy (non-hydrogen) atoms. The SMILES string of the molecule is CCCOCN(C(=O)[C@@H](CC(=O)[C@H]1CCCCN1C)C(C)CC)[C@H](C[C@@H](C)c1nc(C(=O)N[C@@H](Cc2ccccc2)C[C@H](C)C(=O)CN)cs1)C(C)C. The highest BCUT2D eigenvalue weighted by Crippen LogP contribution is 2.32. The lowest BCUT2D eigenvalue weighted by Gasteiger charge is -2.39. The maximum atomic E-state index is 14.7. The lowest BCUT2D eigenvalue weighted by atomic mass is 9.82. The molecule has 296 valence electrons. The second kappa shape index (κ2) is 22.4. The summed E-state index contributed by atoms with van der Waals surface area (Å²) in [5.41, 5.74) is 7.05. The predicted octanol–water partition coefficient (Wildman–Crippen LogP) is 6.87. The predicted molar refractivity (Wildman–Crippen MR) is 214 cm³/mol. The van der Waals surface area contributed by atoms with Gasteiger partial charge in [-0.3, -0.25) is 24.1 Å². The standard InChI is InChI=1S/C42H67N5O5S/c1-9-20-52-27-47(42(51)34(29(5)10-2)24-38(48)36-18-14-15-19-46(36)8)37(28(3)4)22-31(7)41-45-35(26-53-41)40(50)44-33(21-30(6)39(49)25-43)23-32-16-12-11-13-17-32/h11-13,16-17,26,28-31,33-34,36-37H,9-10,14-15,18-25,27,43H2,1-8H3,(H,44,50)/t29?,30-,31+,33+,34-,36+,37+/m0/s1. The number of carbonyl (C=O) groups excluding carboxylic acids is 4. The van der Waals surface area contributed by atoms with Crippen molar-refractivity contribution in [1.29, 1.82) is 0 Å². The second-order valence-electron chi connectivity index (χ2n) is 15.7. The molecule has 0 saturated carbocycles. The van der Waals surface area contributed by atoms with E-state index in [0.29, 0.717) is 31.6 Å². The van der Waals surface area contributed by atoms with Crippen molar-refractivity contribution >= 4 is 34.7 Å². The van der Waals surface area contributed by atoms with Crippen molar-refractivity contribution < 1.29 is 23.9 Å². The largest absolute Gasteiger partial charge is 0.361 e. The van der Waals surface area contributed by atoms with Crippen molar-refractivity contribution in [2.45, 2.75) is 130 Å². The quantitative estimate of drug-likeness (QED) is 0.0928. The molecule has 0 radical (unpaired) electrons. The number of likely N-dealkylation sites (N-methyl/N-ethyl adjacent to an activating group) is 1. The van der Waals surface area contributed by atoms with Crippen molar-refractivity contribution in [1.82, 2.24) is 20.1 Å². The number of piperidine rings is 1. The van der Waals surface area contributed by atoms with Crippen molar-refractivity contribution in [2.75, 3.05) is 33.5 Å². The summed E-state index contributed by atoms with van der Waals surface area (Å²) in [5, 5.41) is 5.76. The van der Waals surface area contributed by atoms with Crippen molar-refractivity contribution in [2.24, 2.45) is 29.4 Å². The number of benzene rings is 1. The molecule has 1 aromatic heterocycles. The molecular weight excluding hydrogens is 687 g/mol. The molecule has 0 aliphatic carbocycles. The summed E-state index contributed by atoms with van der Waals surface area (Å²) in [6.45, 7) is 16.0.